The van der Waals surface area contributed by atoms with Crippen LogP contribution < -0.4 is 0 Å². The number of benzene rings is 1. The zero-order chi connectivity index (χ0) is 12.1. The van der Waals surface area contributed by atoms with Gasteiger partial charge in [-0.2, -0.15) is 13.2 Å². The molecule has 0 atom stereocenters. The molecule has 1 saturated carbocycles. The summed E-state index contributed by atoms with van der Waals surface area (Å²) >= 11 is 5.65. The molecule has 0 unspecified atom stereocenters. The van der Waals surface area contributed by atoms with E-state index >= 15 is 0 Å². The number of alkyl halides is 3. The van der Waals surface area contributed by atoms with Crippen molar-refractivity contribution in [3.05, 3.63) is 28.3 Å². The second-order valence-electron chi connectivity index (χ2n) is 3.88. The van der Waals surface area contributed by atoms with E-state index in [2.05, 4.69) is 0 Å². The van der Waals surface area contributed by atoms with Gasteiger partial charge in [-0.1, -0.05) is 11.6 Å². The molecule has 0 aromatic heterocycles. The Morgan fingerprint density at radius 3 is 2.19 bits per heavy atom. The van der Waals surface area contributed by atoms with Crippen molar-refractivity contribution >= 4 is 11.6 Å². The van der Waals surface area contributed by atoms with Gasteiger partial charge in [0.05, 0.1) is 16.2 Å². The first-order valence-electron chi connectivity index (χ1n) is 4.56. The van der Waals surface area contributed by atoms with Crippen LogP contribution in [0.4, 0.5) is 13.2 Å². The predicted molar refractivity (Wildman–Crippen MR) is 51.2 cm³/mol. The van der Waals surface area contributed by atoms with Crippen molar-refractivity contribution in [3.63, 3.8) is 0 Å². The number of phenols is 1. The first-order valence-corrected chi connectivity index (χ1v) is 4.94. The molecule has 0 heterocycles. The quantitative estimate of drug-likeness (QED) is 0.806. The van der Waals surface area contributed by atoms with Crippen molar-refractivity contribution in [2.24, 2.45) is 0 Å². The molecule has 16 heavy (non-hydrogen) atoms. The highest BCUT2D eigenvalue weighted by Gasteiger charge is 2.46. The van der Waals surface area contributed by atoms with E-state index in [9.17, 15) is 23.4 Å². The van der Waals surface area contributed by atoms with Gasteiger partial charge in [0, 0.05) is 5.56 Å². The zero-order valence-corrected chi connectivity index (χ0v) is 8.73. The molecule has 1 aliphatic carbocycles. The fourth-order valence-corrected chi connectivity index (χ4v) is 1.98. The summed E-state index contributed by atoms with van der Waals surface area (Å²) in [5.41, 5.74) is -2.30. The van der Waals surface area contributed by atoms with E-state index in [1.165, 1.54) is 0 Å². The number of halogens is 4. The fourth-order valence-electron chi connectivity index (χ4n) is 1.58. The molecule has 88 valence electrons. The Balaban J connectivity index is 2.52. The third-order valence-corrected chi connectivity index (χ3v) is 2.88. The minimum atomic E-state index is -4.56. The van der Waals surface area contributed by atoms with Crippen LogP contribution in [0.1, 0.15) is 24.0 Å². The average molecular weight is 253 g/mol. The molecule has 2 nitrogen and oxygen atoms in total. The van der Waals surface area contributed by atoms with Gasteiger partial charge < -0.3 is 10.2 Å². The van der Waals surface area contributed by atoms with E-state index in [-0.39, 0.29) is 10.6 Å². The third-order valence-electron chi connectivity index (χ3n) is 2.59. The van der Waals surface area contributed by atoms with Crippen LogP contribution in [0, 0.1) is 0 Å². The normalized spacial score (nSPS) is 18.6. The summed E-state index contributed by atoms with van der Waals surface area (Å²) in [6.07, 6.45) is -3.77. The summed E-state index contributed by atoms with van der Waals surface area (Å²) in [5.74, 6) is -0.611. The maximum absolute atomic E-state index is 12.4. The number of aliphatic hydroxyl groups is 1. The molecule has 0 saturated heterocycles. The van der Waals surface area contributed by atoms with E-state index in [0.29, 0.717) is 25.0 Å². The summed E-state index contributed by atoms with van der Waals surface area (Å²) in [6, 6.07) is 1.30. The summed E-state index contributed by atoms with van der Waals surface area (Å²) in [5, 5.41) is 18.9. The Morgan fingerprint density at radius 1 is 1.25 bits per heavy atom. The molecular formula is C10H8ClF3O2. The van der Waals surface area contributed by atoms with Crippen molar-refractivity contribution < 1.29 is 23.4 Å². The SMILES string of the molecule is Oc1cc(C(F)(F)F)cc(Cl)c1C1(O)CC1. The van der Waals surface area contributed by atoms with Crippen LogP contribution in [0.25, 0.3) is 0 Å². The Bertz CT molecular complexity index is 415. The van der Waals surface area contributed by atoms with Crippen LogP contribution in [-0.4, -0.2) is 10.2 Å². The molecule has 6 heteroatoms. The van der Waals surface area contributed by atoms with Gasteiger partial charge in [0.2, 0.25) is 0 Å². The Morgan fingerprint density at radius 2 is 1.81 bits per heavy atom. The summed E-state index contributed by atoms with van der Waals surface area (Å²) < 4.78 is 37.1. The first kappa shape index (κ1) is 11.5. The average Bonchev–Trinajstić information content (AvgIpc) is 2.81. The molecule has 2 rings (SSSR count). The number of aromatic hydroxyl groups is 1. The van der Waals surface area contributed by atoms with Crippen molar-refractivity contribution in [1.82, 2.24) is 0 Å². The highest BCUT2D eigenvalue weighted by molar-refractivity contribution is 6.31. The van der Waals surface area contributed by atoms with Crippen LogP contribution in [0.2, 0.25) is 5.02 Å². The fraction of sp³-hybridized carbons (Fsp3) is 0.400. The molecule has 0 radical (unpaired) electrons. The largest absolute Gasteiger partial charge is 0.507 e. The molecule has 0 aliphatic heterocycles. The van der Waals surface area contributed by atoms with Crippen LogP contribution in [0.15, 0.2) is 12.1 Å². The van der Waals surface area contributed by atoms with Crippen molar-refractivity contribution in [2.75, 3.05) is 0 Å². The van der Waals surface area contributed by atoms with E-state index in [4.69, 9.17) is 11.6 Å². The van der Waals surface area contributed by atoms with Crippen LogP contribution in [-0.2, 0) is 11.8 Å². The van der Waals surface area contributed by atoms with Gasteiger partial charge in [-0.15, -0.1) is 0 Å². The van der Waals surface area contributed by atoms with E-state index < -0.39 is 23.1 Å². The molecule has 2 N–H and O–H groups in total. The number of hydrogen-bond donors (Lipinski definition) is 2. The summed E-state index contributed by atoms with van der Waals surface area (Å²) in [6.45, 7) is 0. The lowest BCUT2D eigenvalue weighted by atomic mass is 10.0. The lowest BCUT2D eigenvalue weighted by Gasteiger charge is -2.15. The lowest BCUT2D eigenvalue weighted by molar-refractivity contribution is -0.137. The smallest absolute Gasteiger partial charge is 0.416 e. The minimum absolute atomic E-state index is 0.0119. The van der Waals surface area contributed by atoms with E-state index in [1.807, 2.05) is 0 Å². The Labute approximate surface area is 94.3 Å². The van der Waals surface area contributed by atoms with Gasteiger partial charge in [-0.25, -0.2) is 0 Å². The van der Waals surface area contributed by atoms with Crippen LogP contribution in [0.3, 0.4) is 0 Å². The van der Waals surface area contributed by atoms with Crippen molar-refractivity contribution in [1.29, 1.82) is 0 Å². The molecule has 1 aliphatic rings. The molecule has 1 aromatic rings. The molecule has 0 amide bonds. The predicted octanol–water partition coefficient (Wildman–Crippen LogP) is 3.05. The van der Waals surface area contributed by atoms with Crippen LogP contribution in [0.5, 0.6) is 5.75 Å². The molecule has 1 fully saturated rings. The molecule has 0 bridgehead atoms. The highest BCUT2D eigenvalue weighted by Crippen LogP contribution is 2.52. The minimum Gasteiger partial charge on any atom is -0.507 e. The summed E-state index contributed by atoms with van der Waals surface area (Å²) in [7, 11) is 0. The number of rotatable bonds is 1. The monoisotopic (exact) mass is 252 g/mol. The zero-order valence-electron chi connectivity index (χ0n) is 7.98. The highest BCUT2D eigenvalue weighted by atomic mass is 35.5. The Kier molecular flexibility index (Phi) is 2.36. The summed E-state index contributed by atoms with van der Waals surface area (Å²) in [4.78, 5) is 0. The number of phenolic OH excluding ortho intramolecular Hbond substituents is 1. The molecular weight excluding hydrogens is 245 g/mol. The molecule has 0 spiro atoms. The van der Waals surface area contributed by atoms with Gasteiger partial charge in [0.1, 0.15) is 5.75 Å². The maximum Gasteiger partial charge on any atom is 0.416 e. The second kappa shape index (κ2) is 3.28. The van der Waals surface area contributed by atoms with Crippen LogP contribution >= 0.6 is 11.6 Å². The van der Waals surface area contributed by atoms with Gasteiger partial charge in [-0.05, 0) is 25.0 Å². The van der Waals surface area contributed by atoms with E-state index in [0.717, 1.165) is 0 Å². The molecule has 1 aromatic carbocycles. The first-order chi connectivity index (χ1) is 7.24. The Hall–Kier alpha value is -0.940. The number of hydrogen-bond acceptors (Lipinski definition) is 2. The van der Waals surface area contributed by atoms with Gasteiger partial charge in [0.25, 0.3) is 0 Å². The maximum atomic E-state index is 12.4. The third kappa shape index (κ3) is 1.85. The topological polar surface area (TPSA) is 40.5 Å². The van der Waals surface area contributed by atoms with E-state index in [1.54, 1.807) is 0 Å². The van der Waals surface area contributed by atoms with Gasteiger partial charge in [0.15, 0.2) is 0 Å². The van der Waals surface area contributed by atoms with Gasteiger partial charge >= 0.3 is 6.18 Å². The van der Waals surface area contributed by atoms with Crippen molar-refractivity contribution in [2.45, 2.75) is 24.6 Å². The van der Waals surface area contributed by atoms with Crippen molar-refractivity contribution in [3.8, 4) is 5.75 Å². The standard InChI is InChI=1S/C10H8ClF3O2/c11-6-3-5(10(12,13)14)4-7(15)8(6)9(16)1-2-9/h3-4,15-16H,1-2H2. The lowest BCUT2D eigenvalue weighted by Crippen LogP contribution is -2.09. The van der Waals surface area contributed by atoms with Gasteiger partial charge in [-0.3, -0.25) is 0 Å². The second-order valence-corrected chi connectivity index (χ2v) is 4.29.